The van der Waals surface area contributed by atoms with Crippen LogP contribution in [0.1, 0.15) is 13.3 Å². The highest BCUT2D eigenvalue weighted by Gasteiger charge is 2.26. The van der Waals surface area contributed by atoms with Gasteiger partial charge in [-0.3, -0.25) is 0 Å². The van der Waals surface area contributed by atoms with Crippen LogP contribution in [0.4, 0.5) is 16.2 Å². The quantitative estimate of drug-likeness (QED) is 0.803. The first-order valence-electron chi connectivity index (χ1n) is 5.75. The summed E-state index contributed by atoms with van der Waals surface area (Å²) in [7, 11) is 1.68. The summed E-state index contributed by atoms with van der Waals surface area (Å²) in [5.41, 5.74) is 0. The Morgan fingerprint density at radius 1 is 1.59 bits per heavy atom. The molecule has 2 N–H and O–H groups in total. The molecule has 0 bridgehead atoms. The van der Waals surface area contributed by atoms with Gasteiger partial charge in [0.1, 0.15) is 0 Å². The SMILES string of the molecule is CNc1ncc(F)c(N2CCC(C)C(O)C2)n1. The highest BCUT2D eigenvalue weighted by atomic mass is 19.1. The number of hydrogen-bond donors (Lipinski definition) is 2. The number of aliphatic hydroxyl groups is 1. The molecule has 2 atom stereocenters. The van der Waals surface area contributed by atoms with E-state index in [0.29, 0.717) is 19.0 Å². The van der Waals surface area contributed by atoms with Gasteiger partial charge in [-0.05, 0) is 12.3 Å². The molecule has 1 aliphatic heterocycles. The van der Waals surface area contributed by atoms with Crippen LogP contribution < -0.4 is 10.2 Å². The number of anilines is 2. The molecule has 5 nitrogen and oxygen atoms in total. The molecule has 0 spiro atoms. The predicted octanol–water partition coefficient (Wildman–Crippen LogP) is 0.864. The molecular formula is C11H17FN4O. The topological polar surface area (TPSA) is 61.3 Å². The molecule has 94 valence electrons. The number of halogens is 1. The summed E-state index contributed by atoms with van der Waals surface area (Å²) in [6.07, 6.45) is 1.55. The molecule has 6 heteroatoms. The van der Waals surface area contributed by atoms with E-state index in [1.807, 2.05) is 6.92 Å². The van der Waals surface area contributed by atoms with Crippen molar-refractivity contribution in [2.45, 2.75) is 19.4 Å². The third-order valence-corrected chi connectivity index (χ3v) is 3.17. The molecule has 1 aromatic rings. The maximum Gasteiger partial charge on any atom is 0.224 e. The van der Waals surface area contributed by atoms with Gasteiger partial charge in [0.25, 0.3) is 0 Å². The largest absolute Gasteiger partial charge is 0.391 e. The number of hydrogen-bond acceptors (Lipinski definition) is 5. The molecule has 1 fully saturated rings. The zero-order valence-electron chi connectivity index (χ0n) is 10.0. The number of aliphatic hydroxyl groups excluding tert-OH is 1. The highest BCUT2D eigenvalue weighted by molar-refractivity contribution is 5.44. The molecule has 2 heterocycles. The Bertz CT molecular complexity index is 401. The normalized spacial score (nSPS) is 24.8. The Morgan fingerprint density at radius 2 is 2.35 bits per heavy atom. The first-order valence-corrected chi connectivity index (χ1v) is 5.75. The maximum atomic E-state index is 13.6. The van der Waals surface area contributed by atoms with Crippen molar-refractivity contribution >= 4 is 11.8 Å². The third-order valence-electron chi connectivity index (χ3n) is 3.17. The minimum atomic E-state index is -0.453. The van der Waals surface area contributed by atoms with Crippen LogP contribution in [0.5, 0.6) is 0 Å². The van der Waals surface area contributed by atoms with E-state index in [-0.39, 0.29) is 11.7 Å². The standard InChI is InChI=1S/C11H17FN4O/c1-7-3-4-16(6-9(7)17)10-8(12)5-14-11(13-2)15-10/h5,7,9,17H,3-4,6H2,1-2H3,(H,13,14,15). The smallest absolute Gasteiger partial charge is 0.224 e. The molecule has 1 aliphatic rings. The van der Waals surface area contributed by atoms with Gasteiger partial charge in [0.05, 0.1) is 12.3 Å². The molecule has 0 aromatic carbocycles. The second-order valence-electron chi connectivity index (χ2n) is 4.39. The lowest BCUT2D eigenvalue weighted by molar-refractivity contribution is 0.102. The molecule has 0 radical (unpaired) electrons. The van der Waals surface area contributed by atoms with Gasteiger partial charge in [0, 0.05) is 20.1 Å². The average molecular weight is 240 g/mol. The first-order chi connectivity index (χ1) is 8.11. The number of β-amino-alcohol motifs (C(OH)–C–C–N with tert-alkyl or cyclic N) is 1. The van der Waals surface area contributed by atoms with E-state index in [4.69, 9.17) is 0 Å². The zero-order chi connectivity index (χ0) is 12.4. The van der Waals surface area contributed by atoms with Gasteiger partial charge in [-0.1, -0.05) is 6.92 Å². The van der Waals surface area contributed by atoms with Crippen LogP contribution in [0.2, 0.25) is 0 Å². The molecule has 1 saturated heterocycles. The molecule has 2 unspecified atom stereocenters. The Morgan fingerprint density at radius 3 is 3.00 bits per heavy atom. The van der Waals surface area contributed by atoms with Crippen molar-refractivity contribution < 1.29 is 9.50 Å². The molecule has 0 amide bonds. The van der Waals surface area contributed by atoms with Crippen molar-refractivity contribution in [1.82, 2.24) is 9.97 Å². The fourth-order valence-corrected chi connectivity index (χ4v) is 1.94. The van der Waals surface area contributed by atoms with Gasteiger partial charge in [0.2, 0.25) is 5.95 Å². The van der Waals surface area contributed by atoms with Crippen molar-refractivity contribution in [2.24, 2.45) is 5.92 Å². The summed E-state index contributed by atoms with van der Waals surface area (Å²) < 4.78 is 13.6. The average Bonchev–Trinajstić information content (AvgIpc) is 2.33. The Labute approximate surface area is 99.7 Å². The van der Waals surface area contributed by atoms with Crippen LogP contribution in [0.3, 0.4) is 0 Å². The van der Waals surface area contributed by atoms with Crippen LogP contribution in [0, 0.1) is 11.7 Å². The molecule has 0 aliphatic carbocycles. The summed E-state index contributed by atoms with van der Waals surface area (Å²) in [4.78, 5) is 9.66. The fraction of sp³-hybridized carbons (Fsp3) is 0.636. The predicted molar refractivity (Wildman–Crippen MR) is 63.5 cm³/mol. The summed E-state index contributed by atoms with van der Waals surface area (Å²) in [6, 6.07) is 0. The molecular weight excluding hydrogens is 223 g/mol. The van der Waals surface area contributed by atoms with Crippen molar-refractivity contribution in [3.05, 3.63) is 12.0 Å². The van der Waals surface area contributed by atoms with Gasteiger partial charge < -0.3 is 15.3 Å². The fourth-order valence-electron chi connectivity index (χ4n) is 1.94. The molecule has 2 rings (SSSR count). The van der Waals surface area contributed by atoms with Gasteiger partial charge in [-0.25, -0.2) is 9.37 Å². The second-order valence-corrected chi connectivity index (χ2v) is 4.39. The van der Waals surface area contributed by atoms with Gasteiger partial charge in [-0.15, -0.1) is 0 Å². The minimum Gasteiger partial charge on any atom is -0.391 e. The van der Waals surface area contributed by atoms with Crippen molar-refractivity contribution in [3.8, 4) is 0 Å². The highest BCUT2D eigenvalue weighted by Crippen LogP contribution is 2.24. The zero-order valence-corrected chi connectivity index (χ0v) is 10.0. The lowest BCUT2D eigenvalue weighted by Crippen LogP contribution is -2.43. The van der Waals surface area contributed by atoms with E-state index < -0.39 is 11.9 Å². The maximum absolute atomic E-state index is 13.6. The summed E-state index contributed by atoms with van der Waals surface area (Å²) in [6.45, 7) is 3.12. The van der Waals surface area contributed by atoms with E-state index in [1.165, 1.54) is 0 Å². The third kappa shape index (κ3) is 2.46. The van der Waals surface area contributed by atoms with Gasteiger partial charge in [0.15, 0.2) is 11.6 Å². The van der Waals surface area contributed by atoms with Crippen LogP contribution in [0.25, 0.3) is 0 Å². The number of nitrogens with zero attached hydrogens (tertiary/aromatic N) is 3. The van der Waals surface area contributed by atoms with Crippen LogP contribution >= 0.6 is 0 Å². The molecule has 0 saturated carbocycles. The van der Waals surface area contributed by atoms with E-state index in [0.717, 1.165) is 12.6 Å². The monoisotopic (exact) mass is 240 g/mol. The first kappa shape index (κ1) is 12.0. The summed E-state index contributed by atoms with van der Waals surface area (Å²) in [5.74, 6) is 0.440. The van der Waals surface area contributed by atoms with Crippen molar-refractivity contribution in [2.75, 3.05) is 30.4 Å². The Balaban J connectivity index is 2.21. The molecule has 17 heavy (non-hydrogen) atoms. The van der Waals surface area contributed by atoms with E-state index in [2.05, 4.69) is 15.3 Å². The second kappa shape index (κ2) is 4.83. The van der Waals surface area contributed by atoms with Crippen molar-refractivity contribution in [1.29, 1.82) is 0 Å². The van der Waals surface area contributed by atoms with Crippen LogP contribution in [-0.2, 0) is 0 Å². The number of rotatable bonds is 2. The Kier molecular flexibility index (Phi) is 3.42. The number of nitrogens with one attached hydrogen (secondary N) is 1. The summed E-state index contributed by atoms with van der Waals surface area (Å²) in [5, 5.41) is 12.6. The Hall–Kier alpha value is -1.43. The van der Waals surface area contributed by atoms with Gasteiger partial charge >= 0.3 is 0 Å². The lowest BCUT2D eigenvalue weighted by Gasteiger charge is -2.35. The number of piperidine rings is 1. The van der Waals surface area contributed by atoms with E-state index in [9.17, 15) is 9.50 Å². The van der Waals surface area contributed by atoms with E-state index in [1.54, 1.807) is 11.9 Å². The lowest BCUT2D eigenvalue weighted by atomic mass is 9.96. The number of aromatic nitrogens is 2. The molecule has 1 aromatic heterocycles. The van der Waals surface area contributed by atoms with E-state index >= 15 is 0 Å². The van der Waals surface area contributed by atoms with Crippen molar-refractivity contribution in [3.63, 3.8) is 0 Å². The minimum absolute atomic E-state index is 0.250. The summed E-state index contributed by atoms with van der Waals surface area (Å²) >= 11 is 0. The van der Waals surface area contributed by atoms with Crippen LogP contribution in [0.15, 0.2) is 6.20 Å². The van der Waals surface area contributed by atoms with Gasteiger partial charge in [-0.2, -0.15) is 4.98 Å². The van der Waals surface area contributed by atoms with Crippen LogP contribution in [-0.4, -0.2) is 41.3 Å².